The van der Waals surface area contributed by atoms with Gasteiger partial charge in [-0.2, -0.15) is 0 Å². The zero-order valence-electron chi connectivity index (χ0n) is 7.97. The van der Waals surface area contributed by atoms with Gasteiger partial charge in [-0.25, -0.2) is 0 Å². The standard InChI is InChI=1S/C9H9N5/c1-6-5-10-4-3-8(6)9-13-11-7(2)12-14-9/h3-5H,1-2H3. The van der Waals surface area contributed by atoms with Crippen LogP contribution in [-0.4, -0.2) is 25.4 Å². The van der Waals surface area contributed by atoms with Crippen molar-refractivity contribution in [2.45, 2.75) is 13.8 Å². The van der Waals surface area contributed by atoms with E-state index in [9.17, 15) is 0 Å². The zero-order valence-corrected chi connectivity index (χ0v) is 7.97. The van der Waals surface area contributed by atoms with Crippen LogP contribution >= 0.6 is 0 Å². The van der Waals surface area contributed by atoms with Crippen LogP contribution in [0.2, 0.25) is 0 Å². The molecule has 0 aliphatic rings. The highest BCUT2D eigenvalue weighted by molar-refractivity contribution is 5.57. The van der Waals surface area contributed by atoms with Gasteiger partial charge >= 0.3 is 0 Å². The summed E-state index contributed by atoms with van der Waals surface area (Å²) in [5, 5.41) is 15.6. The predicted molar refractivity (Wildman–Crippen MR) is 50.3 cm³/mol. The van der Waals surface area contributed by atoms with Crippen LogP contribution in [0.15, 0.2) is 18.5 Å². The number of hydrogen-bond acceptors (Lipinski definition) is 5. The average Bonchev–Trinajstić information content (AvgIpc) is 2.20. The van der Waals surface area contributed by atoms with E-state index in [-0.39, 0.29) is 0 Å². The van der Waals surface area contributed by atoms with E-state index in [0.29, 0.717) is 11.6 Å². The van der Waals surface area contributed by atoms with Gasteiger partial charge in [-0.3, -0.25) is 4.98 Å². The maximum Gasteiger partial charge on any atom is 0.204 e. The fraction of sp³-hybridized carbons (Fsp3) is 0.222. The van der Waals surface area contributed by atoms with Crippen molar-refractivity contribution in [3.63, 3.8) is 0 Å². The first-order valence-corrected chi connectivity index (χ1v) is 4.22. The van der Waals surface area contributed by atoms with Gasteiger partial charge in [0.25, 0.3) is 0 Å². The molecule has 0 radical (unpaired) electrons. The summed E-state index contributed by atoms with van der Waals surface area (Å²) in [5.41, 5.74) is 1.93. The van der Waals surface area contributed by atoms with Crippen LogP contribution in [-0.2, 0) is 0 Å². The highest BCUT2D eigenvalue weighted by atomic mass is 15.3. The summed E-state index contributed by atoms with van der Waals surface area (Å²) >= 11 is 0. The highest BCUT2D eigenvalue weighted by Crippen LogP contribution is 2.15. The Balaban J connectivity index is 2.50. The van der Waals surface area contributed by atoms with Crippen molar-refractivity contribution in [1.82, 2.24) is 25.4 Å². The summed E-state index contributed by atoms with van der Waals surface area (Å²) in [6.45, 7) is 3.70. The number of aromatic nitrogens is 5. The smallest absolute Gasteiger partial charge is 0.204 e. The molecule has 2 heterocycles. The van der Waals surface area contributed by atoms with E-state index >= 15 is 0 Å². The molecule has 5 heteroatoms. The van der Waals surface area contributed by atoms with E-state index in [4.69, 9.17) is 0 Å². The first kappa shape index (κ1) is 8.68. The third-order valence-corrected chi connectivity index (χ3v) is 1.84. The minimum Gasteiger partial charge on any atom is -0.264 e. The Hall–Kier alpha value is -1.91. The largest absolute Gasteiger partial charge is 0.264 e. The number of pyridine rings is 1. The molecule has 5 nitrogen and oxygen atoms in total. The second-order valence-electron chi connectivity index (χ2n) is 2.96. The molecule has 0 atom stereocenters. The van der Waals surface area contributed by atoms with Gasteiger partial charge in [0, 0.05) is 18.0 Å². The van der Waals surface area contributed by atoms with Crippen LogP contribution in [0.1, 0.15) is 11.4 Å². The quantitative estimate of drug-likeness (QED) is 0.664. The summed E-state index contributed by atoms with van der Waals surface area (Å²) in [6, 6.07) is 1.85. The monoisotopic (exact) mass is 187 g/mol. The molecule has 14 heavy (non-hydrogen) atoms. The van der Waals surface area contributed by atoms with E-state index in [0.717, 1.165) is 11.1 Å². The molecule has 2 aromatic rings. The van der Waals surface area contributed by atoms with Crippen LogP contribution in [0.5, 0.6) is 0 Å². The van der Waals surface area contributed by atoms with Crippen molar-refractivity contribution in [2.24, 2.45) is 0 Å². The topological polar surface area (TPSA) is 64.5 Å². The lowest BCUT2D eigenvalue weighted by molar-refractivity contribution is 0.815. The second kappa shape index (κ2) is 3.45. The molecule has 0 bridgehead atoms. The molecular formula is C9H9N5. The fourth-order valence-corrected chi connectivity index (χ4v) is 1.11. The molecule has 0 unspecified atom stereocenters. The SMILES string of the molecule is Cc1nnc(-c2ccncc2C)nn1. The van der Waals surface area contributed by atoms with Gasteiger partial charge in [0.05, 0.1) is 0 Å². The summed E-state index contributed by atoms with van der Waals surface area (Å²) in [6.07, 6.45) is 3.46. The molecule has 2 rings (SSSR count). The number of hydrogen-bond donors (Lipinski definition) is 0. The molecule has 2 aromatic heterocycles. The van der Waals surface area contributed by atoms with Gasteiger partial charge in [-0.1, -0.05) is 0 Å². The Morgan fingerprint density at radius 1 is 1.00 bits per heavy atom. The van der Waals surface area contributed by atoms with Crippen LogP contribution in [0.4, 0.5) is 0 Å². The van der Waals surface area contributed by atoms with Gasteiger partial charge in [-0.05, 0) is 25.5 Å². The maximum absolute atomic E-state index is 3.99. The van der Waals surface area contributed by atoms with Crippen LogP contribution in [0.25, 0.3) is 11.4 Å². The molecule has 70 valence electrons. The van der Waals surface area contributed by atoms with Crippen molar-refractivity contribution >= 4 is 0 Å². The Labute approximate surface area is 81.3 Å². The average molecular weight is 187 g/mol. The highest BCUT2D eigenvalue weighted by Gasteiger charge is 2.05. The molecule has 0 aliphatic heterocycles. The van der Waals surface area contributed by atoms with Crippen molar-refractivity contribution in [3.05, 3.63) is 29.8 Å². The lowest BCUT2D eigenvalue weighted by atomic mass is 10.1. The lowest BCUT2D eigenvalue weighted by Gasteiger charge is -2.00. The summed E-state index contributed by atoms with van der Waals surface area (Å²) in [5.74, 6) is 1.11. The third kappa shape index (κ3) is 1.56. The van der Waals surface area contributed by atoms with E-state index in [1.807, 2.05) is 13.0 Å². The first-order chi connectivity index (χ1) is 6.77. The zero-order chi connectivity index (χ0) is 9.97. The Bertz CT molecular complexity index is 437. The third-order valence-electron chi connectivity index (χ3n) is 1.84. The minimum atomic E-state index is 0.538. The van der Waals surface area contributed by atoms with Crippen molar-refractivity contribution in [1.29, 1.82) is 0 Å². The molecule has 0 amide bonds. The molecule has 0 spiro atoms. The van der Waals surface area contributed by atoms with Crippen molar-refractivity contribution in [2.75, 3.05) is 0 Å². The summed E-state index contributed by atoms with van der Waals surface area (Å²) < 4.78 is 0. The lowest BCUT2D eigenvalue weighted by Crippen LogP contribution is -1.99. The van der Waals surface area contributed by atoms with E-state index in [1.165, 1.54) is 0 Å². The molecule has 0 saturated carbocycles. The van der Waals surface area contributed by atoms with Gasteiger partial charge in [0.2, 0.25) is 5.82 Å². The van der Waals surface area contributed by atoms with E-state index in [1.54, 1.807) is 19.3 Å². The Morgan fingerprint density at radius 3 is 2.36 bits per heavy atom. The van der Waals surface area contributed by atoms with Gasteiger partial charge in [0.1, 0.15) is 0 Å². The molecule has 0 aromatic carbocycles. The Morgan fingerprint density at radius 2 is 1.71 bits per heavy atom. The summed E-state index contributed by atoms with van der Waals surface area (Å²) in [4.78, 5) is 3.99. The number of rotatable bonds is 1. The molecular weight excluding hydrogens is 178 g/mol. The maximum atomic E-state index is 3.99. The molecule has 0 aliphatic carbocycles. The normalized spacial score (nSPS) is 10.1. The first-order valence-electron chi connectivity index (χ1n) is 4.22. The number of aryl methyl sites for hydroxylation is 2. The second-order valence-corrected chi connectivity index (χ2v) is 2.96. The minimum absolute atomic E-state index is 0.538. The van der Waals surface area contributed by atoms with Crippen molar-refractivity contribution < 1.29 is 0 Å². The van der Waals surface area contributed by atoms with Crippen LogP contribution in [0.3, 0.4) is 0 Å². The van der Waals surface area contributed by atoms with E-state index < -0.39 is 0 Å². The molecule has 0 fully saturated rings. The Kier molecular flexibility index (Phi) is 2.14. The predicted octanol–water partition coefficient (Wildman–Crippen LogP) is 0.945. The van der Waals surface area contributed by atoms with Crippen LogP contribution in [0, 0.1) is 13.8 Å². The van der Waals surface area contributed by atoms with Crippen LogP contribution < -0.4 is 0 Å². The summed E-state index contributed by atoms with van der Waals surface area (Å²) in [7, 11) is 0. The van der Waals surface area contributed by atoms with Crippen molar-refractivity contribution in [3.8, 4) is 11.4 Å². The number of nitrogens with zero attached hydrogens (tertiary/aromatic N) is 5. The van der Waals surface area contributed by atoms with Gasteiger partial charge in [-0.15, -0.1) is 20.4 Å². The molecule has 0 N–H and O–H groups in total. The fourth-order valence-electron chi connectivity index (χ4n) is 1.11. The van der Waals surface area contributed by atoms with Gasteiger partial charge in [0.15, 0.2) is 5.82 Å². The van der Waals surface area contributed by atoms with Gasteiger partial charge < -0.3 is 0 Å². The molecule has 0 saturated heterocycles. The van der Waals surface area contributed by atoms with E-state index in [2.05, 4.69) is 25.4 Å².